The molecule has 0 heterocycles. The van der Waals surface area contributed by atoms with Crippen molar-refractivity contribution in [3.8, 4) is 0 Å². The van der Waals surface area contributed by atoms with E-state index in [0.29, 0.717) is 23.0 Å². The van der Waals surface area contributed by atoms with Crippen LogP contribution in [0.4, 0.5) is 4.39 Å². The van der Waals surface area contributed by atoms with Gasteiger partial charge in [0.2, 0.25) is 0 Å². The predicted octanol–water partition coefficient (Wildman–Crippen LogP) is 4.54. The third-order valence-corrected chi connectivity index (χ3v) is 4.20. The molecule has 0 radical (unpaired) electrons. The van der Waals surface area contributed by atoms with E-state index in [0.717, 1.165) is 5.56 Å². The summed E-state index contributed by atoms with van der Waals surface area (Å²) in [4.78, 5) is 0. The summed E-state index contributed by atoms with van der Waals surface area (Å²) in [5, 5.41) is 4.02. The van der Waals surface area contributed by atoms with Crippen molar-refractivity contribution in [1.29, 1.82) is 0 Å². The van der Waals surface area contributed by atoms with Gasteiger partial charge in [-0.3, -0.25) is 0 Å². The van der Waals surface area contributed by atoms with E-state index in [-0.39, 0.29) is 5.82 Å². The molecule has 1 atom stereocenters. The molecule has 1 aromatic carbocycles. The second-order valence-electron chi connectivity index (χ2n) is 5.95. The molecule has 1 fully saturated rings. The van der Waals surface area contributed by atoms with Gasteiger partial charge in [0.25, 0.3) is 0 Å². The zero-order valence-electron chi connectivity index (χ0n) is 11.1. The van der Waals surface area contributed by atoms with Gasteiger partial charge in [0, 0.05) is 17.6 Å². The van der Waals surface area contributed by atoms with E-state index in [1.165, 1.54) is 31.7 Å². The van der Waals surface area contributed by atoms with Crippen LogP contribution < -0.4 is 5.32 Å². The van der Waals surface area contributed by atoms with Crippen molar-refractivity contribution in [1.82, 2.24) is 5.32 Å². The van der Waals surface area contributed by atoms with Gasteiger partial charge in [0.15, 0.2) is 0 Å². The van der Waals surface area contributed by atoms with Crippen LogP contribution in [0.25, 0.3) is 0 Å². The second-order valence-corrected chi connectivity index (χ2v) is 6.38. The summed E-state index contributed by atoms with van der Waals surface area (Å²) in [5.74, 6) is -0.262. The molecular weight excluding hydrogens is 249 g/mol. The summed E-state index contributed by atoms with van der Waals surface area (Å²) in [7, 11) is 0. The maximum atomic E-state index is 13.2. The number of nitrogens with one attached hydrogen (secondary N) is 1. The molecule has 100 valence electrons. The lowest BCUT2D eigenvalue weighted by Crippen LogP contribution is -2.43. The van der Waals surface area contributed by atoms with E-state index >= 15 is 0 Å². The first-order chi connectivity index (χ1) is 8.47. The molecule has 0 aliphatic heterocycles. The van der Waals surface area contributed by atoms with Crippen LogP contribution in [-0.4, -0.2) is 6.04 Å². The summed E-state index contributed by atoms with van der Waals surface area (Å²) in [6, 6.07) is 5.23. The van der Waals surface area contributed by atoms with Crippen molar-refractivity contribution in [2.24, 2.45) is 5.41 Å². The molecule has 1 N–H and O–H groups in total. The molecule has 0 spiro atoms. The van der Waals surface area contributed by atoms with E-state index in [1.54, 1.807) is 6.07 Å². The molecule has 1 aromatic rings. The predicted molar refractivity (Wildman–Crippen MR) is 74.3 cm³/mol. The lowest BCUT2D eigenvalue weighted by Gasteiger charge is -2.39. The van der Waals surface area contributed by atoms with Crippen molar-refractivity contribution >= 4 is 11.6 Å². The Hall–Kier alpha value is -0.600. The number of halogens is 2. The molecule has 2 rings (SSSR count). The fraction of sp³-hybridized carbons (Fsp3) is 0.600. The lowest BCUT2D eigenvalue weighted by molar-refractivity contribution is 0.166. The van der Waals surface area contributed by atoms with Gasteiger partial charge in [0.05, 0.1) is 0 Å². The molecule has 3 heteroatoms. The van der Waals surface area contributed by atoms with Crippen molar-refractivity contribution in [2.75, 3.05) is 0 Å². The Morgan fingerprint density at radius 3 is 2.78 bits per heavy atom. The van der Waals surface area contributed by atoms with Crippen molar-refractivity contribution in [3.63, 3.8) is 0 Å². The summed E-state index contributed by atoms with van der Waals surface area (Å²) in [5.41, 5.74) is 1.25. The standard InChI is InChI=1S/C15H21ClFN/c1-15(2)6-4-3-5-14(15)18-10-11-7-12(16)9-13(17)8-11/h7-9,14,18H,3-6,10H2,1-2H3. The Labute approximate surface area is 114 Å². The van der Waals surface area contributed by atoms with Gasteiger partial charge < -0.3 is 5.32 Å². The molecule has 0 amide bonds. The van der Waals surface area contributed by atoms with Crippen molar-refractivity contribution in [3.05, 3.63) is 34.6 Å². The smallest absolute Gasteiger partial charge is 0.125 e. The Balaban J connectivity index is 1.98. The first kappa shape index (κ1) is 13.8. The number of hydrogen-bond donors (Lipinski definition) is 1. The Bertz CT molecular complexity index is 397. The van der Waals surface area contributed by atoms with E-state index in [2.05, 4.69) is 19.2 Å². The number of benzene rings is 1. The fourth-order valence-electron chi connectivity index (χ4n) is 2.83. The maximum absolute atomic E-state index is 13.2. The van der Waals surface area contributed by atoms with Gasteiger partial charge in [-0.15, -0.1) is 0 Å². The average Bonchev–Trinajstić information content (AvgIpc) is 2.25. The average molecular weight is 270 g/mol. The minimum atomic E-state index is -0.262. The van der Waals surface area contributed by atoms with Crippen LogP contribution in [0.15, 0.2) is 18.2 Å². The fourth-order valence-corrected chi connectivity index (χ4v) is 3.07. The highest BCUT2D eigenvalue weighted by molar-refractivity contribution is 6.30. The van der Waals surface area contributed by atoms with Crippen LogP contribution in [-0.2, 0) is 6.54 Å². The summed E-state index contributed by atoms with van der Waals surface area (Å²) in [6.45, 7) is 5.30. The van der Waals surface area contributed by atoms with Crippen LogP contribution in [0.5, 0.6) is 0 Å². The molecule has 1 nitrogen and oxygen atoms in total. The highest BCUT2D eigenvalue weighted by Crippen LogP contribution is 2.35. The maximum Gasteiger partial charge on any atom is 0.125 e. The first-order valence-corrected chi connectivity index (χ1v) is 7.03. The topological polar surface area (TPSA) is 12.0 Å². The van der Waals surface area contributed by atoms with E-state index < -0.39 is 0 Å². The molecular formula is C15H21ClFN. The molecule has 0 saturated heterocycles. The second kappa shape index (κ2) is 5.58. The summed E-state index contributed by atoms with van der Waals surface area (Å²) in [6.07, 6.45) is 5.06. The van der Waals surface area contributed by atoms with Gasteiger partial charge >= 0.3 is 0 Å². The number of hydrogen-bond acceptors (Lipinski definition) is 1. The number of rotatable bonds is 3. The van der Waals surface area contributed by atoms with Crippen molar-refractivity contribution < 1.29 is 4.39 Å². The van der Waals surface area contributed by atoms with Crippen LogP contribution in [0.3, 0.4) is 0 Å². The summed E-state index contributed by atoms with van der Waals surface area (Å²) >= 11 is 5.86. The third kappa shape index (κ3) is 3.46. The highest BCUT2D eigenvalue weighted by Gasteiger charge is 2.31. The van der Waals surface area contributed by atoms with E-state index in [9.17, 15) is 4.39 Å². The van der Waals surface area contributed by atoms with Crippen molar-refractivity contribution in [2.45, 2.75) is 52.1 Å². The third-order valence-electron chi connectivity index (χ3n) is 3.98. The first-order valence-electron chi connectivity index (χ1n) is 6.66. The van der Waals surface area contributed by atoms with Gasteiger partial charge in [0.1, 0.15) is 5.82 Å². The molecule has 1 unspecified atom stereocenters. The minimum Gasteiger partial charge on any atom is -0.309 e. The van der Waals surface area contributed by atoms with Crippen LogP contribution in [0.1, 0.15) is 45.1 Å². The van der Waals surface area contributed by atoms with Gasteiger partial charge in [-0.1, -0.05) is 38.3 Å². The van der Waals surface area contributed by atoms with Crippen LogP contribution >= 0.6 is 11.6 Å². The molecule has 0 aromatic heterocycles. The molecule has 1 aliphatic rings. The normalized spacial score (nSPS) is 23.0. The zero-order valence-corrected chi connectivity index (χ0v) is 11.9. The molecule has 1 saturated carbocycles. The SMILES string of the molecule is CC1(C)CCCCC1NCc1cc(F)cc(Cl)c1. The molecule has 18 heavy (non-hydrogen) atoms. The Morgan fingerprint density at radius 2 is 2.11 bits per heavy atom. The minimum absolute atomic E-state index is 0.262. The van der Waals surface area contributed by atoms with Gasteiger partial charge in [-0.25, -0.2) is 4.39 Å². The monoisotopic (exact) mass is 269 g/mol. The highest BCUT2D eigenvalue weighted by atomic mass is 35.5. The lowest BCUT2D eigenvalue weighted by atomic mass is 9.73. The van der Waals surface area contributed by atoms with Crippen LogP contribution in [0.2, 0.25) is 5.02 Å². The molecule has 1 aliphatic carbocycles. The van der Waals surface area contributed by atoms with Crippen LogP contribution in [0, 0.1) is 11.2 Å². The van der Waals surface area contributed by atoms with Gasteiger partial charge in [-0.2, -0.15) is 0 Å². The zero-order chi connectivity index (χ0) is 13.2. The Morgan fingerprint density at radius 1 is 1.33 bits per heavy atom. The van der Waals surface area contributed by atoms with E-state index in [4.69, 9.17) is 11.6 Å². The van der Waals surface area contributed by atoms with E-state index in [1.807, 2.05) is 6.07 Å². The Kier molecular flexibility index (Phi) is 4.29. The molecule has 0 bridgehead atoms. The quantitative estimate of drug-likeness (QED) is 0.850. The largest absolute Gasteiger partial charge is 0.309 e. The van der Waals surface area contributed by atoms with Gasteiger partial charge in [-0.05, 0) is 42.0 Å². The summed E-state index contributed by atoms with van der Waals surface area (Å²) < 4.78 is 13.2.